The van der Waals surface area contributed by atoms with E-state index in [1.807, 2.05) is 0 Å². The SMILES string of the molecule is O=C(CN1C(=O)[C@@H]2CCCN2C(=O)c2ccccc21)N1CCOCC1. The third-order valence-corrected chi connectivity index (χ3v) is 5.15. The fraction of sp³-hybridized carbons (Fsp3) is 0.500. The number of anilines is 1. The molecule has 0 bridgehead atoms. The summed E-state index contributed by atoms with van der Waals surface area (Å²) in [7, 11) is 0. The average Bonchev–Trinajstić information content (AvgIpc) is 3.13. The molecule has 7 heteroatoms. The smallest absolute Gasteiger partial charge is 0.256 e. The van der Waals surface area contributed by atoms with Gasteiger partial charge in [-0.05, 0) is 25.0 Å². The molecule has 0 radical (unpaired) electrons. The minimum absolute atomic E-state index is 0.0343. The highest BCUT2D eigenvalue weighted by atomic mass is 16.5. The van der Waals surface area contributed by atoms with Gasteiger partial charge in [-0.2, -0.15) is 0 Å². The Morgan fingerprint density at radius 1 is 1.12 bits per heavy atom. The second-order valence-corrected chi connectivity index (χ2v) is 6.59. The summed E-state index contributed by atoms with van der Waals surface area (Å²) in [4.78, 5) is 43.5. The van der Waals surface area contributed by atoms with Crippen LogP contribution in [0.1, 0.15) is 23.2 Å². The second kappa shape index (κ2) is 6.48. The van der Waals surface area contributed by atoms with Gasteiger partial charge in [0, 0.05) is 19.6 Å². The highest BCUT2D eigenvalue weighted by Crippen LogP contribution is 2.32. The Bertz CT molecular complexity index is 714. The fourth-order valence-corrected chi connectivity index (χ4v) is 3.82. The number of ether oxygens (including phenoxy) is 1. The van der Waals surface area contributed by atoms with E-state index in [9.17, 15) is 14.4 Å². The first-order chi connectivity index (χ1) is 12.2. The molecule has 0 aliphatic carbocycles. The average molecular weight is 343 g/mol. The lowest BCUT2D eigenvalue weighted by molar-refractivity contribution is -0.135. The molecule has 25 heavy (non-hydrogen) atoms. The van der Waals surface area contributed by atoms with Gasteiger partial charge in [0.2, 0.25) is 11.8 Å². The summed E-state index contributed by atoms with van der Waals surface area (Å²) in [5.74, 6) is -0.379. The zero-order chi connectivity index (χ0) is 17.4. The Labute approximate surface area is 146 Å². The van der Waals surface area contributed by atoms with Crippen LogP contribution in [-0.2, 0) is 14.3 Å². The van der Waals surface area contributed by atoms with Crippen LogP contribution in [0.4, 0.5) is 5.69 Å². The number of para-hydroxylation sites is 1. The lowest BCUT2D eigenvalue weighted by atomic mass is 10.1. The largest absolute Gasteiger partial charge is 0.378 e. The Balaban J connectivity index is 1.67. The van der Waals surface area contributed by atoms with E-state index in [2.05, 4.69) is 0 Å². The molecule has 0 saturated carbocycles. The van der Waals surface area contributed by atoms with Crippen molar-refractivity contribution in [2.24, 2.45) is 0 Å². The van der Waals surface area contributed by atoms with Crippen molar-refractivity contribution >= 4 is 23.4 Å². The van der Waals surface area contributed by atoms with Crippen LogP contribution in [0.15, 0.2) is 24.3 Å². The van der Waals surface area contributed by atoms with Crippen molar-refractivity contribution in [1.29, 1.82) is 0 Å². The molecule has 3 aliphatic heterocycles. The van der Waals surface area contributed by atoms with Gasteiger partial charge >= 0.3 is 0 Å². The van der Waals surface area contributed by atoms with Gasteiger partial charge in [-0.15, -0.1) is 0 Å². The predicted molar refractivity (Wildman–Crippen MR) is 90.3 cm³/mol. The van der Waals surface area contributed by atoms with Crippen LogP contribution in [0, 0.1) is 0 Å². The lowest BCUT2D eigenvalue weighted by Gasteiger charge is -2.31. The predicted octanol–water partition coefficient (Wildman–Crippen LogP) is 0.497. The molecule has 3 heterocycles. The molecular weight excluding hydrogens is 322 g/mol. The number of rotatable bonds is 2. The first-order valence-corrected chi connectivity index (χ1v) is 8.74. The van der Waals surface area contributed by atoms with Gasteiger partial charge in [0.25, 0.3) is 5.91 Å². The van der Waals surface area contributed by atoms with E-state index < -0.39 is 6.04 Å². The van der Waals surface area contributed by atoms with Crippen LogP contribution >= 0.6 is 0 Å². The molecule has 1 atom stereocenters. The summed E-state index contributed by atoms with van der Waals surface area (Å²) in [6.07, 6.45) is 1.47. The van der Waals surface area contributed by atoms with E-state index in [4.69, 9.17) is 4.74 Å². The number of benzene rings is 1. The molecule has 1 aromatic carbocycles. The molecular formula is C18H21N3O4. The van der Waals surface area contributed by atoms with Gasteiger partial charge in [-0.3, -0.25) is 14.4 Å². The number of fused-ring (bicyclic) bond motifs is 2. The molecule has 2 saturated heterocycles. The van der Waals surface area contributed by atoms with Crippen molar-refractivity contribution < 1.29 is 19.1 Å². The van der Waals surface area contributed by atoms with E-state index in [1.165, 1.54) is 4.90 Å². The number of hydrogen-bond donors (Lipinski definition) is 0. The summed E-state index contributed by atoms with van der Waals surface area (Å²) in [5.41, 5.74) is 1.03. The Kier molecular flexibility index (Phi) is 4.17. The number of carbonyl (C=O) groups excluding carboxylic acids is 3. The minimum atomic E-state index is -0.461. The van der Waals surface area contributed by atoms with Gasteiger partial charge in [-0.25, -0.2) is 0 Å². The Morgan fingerprint density at radius 2 is 1.88 bits per heavy atom. The first-order valence-electron chi connectivity index (χ1n) is 8.74. The van der Waals surface area contributed by atoms with E-state index >= 15 is 0 Å². The van der Waals surface area contributed by atoms with Crippen molar-refractivity contribution in [3.8, 4) is 0 Å². The molecule has 7 nitrogen and oxygen atoms in total. The van der Waals surface area contributed by atoms with E-state index in [0.29, 0.717) is 50.5 Å². The van der Waals surface area contributed by atoms with E-state index in [-0.39, 0.29) is 24.3 Å². The third-order valence-electron chi connectivity index (χ3n) is 5.15. The fourth-order valence-electron chi connectivity index (χ4n) is 3.82. The number of hydrogen-bond acceptors (Lipinski definition) is 4. The van der Waals surface area contributed by atoms with Gasteiger partial charge < -0.3 is 19.4 Å². The molecule has 0 unspecified atom stereocenters. The molecule has 0 aromatic heterocycles. The lowest BCUT2D eigenvalue weighted by Crippen LogP contribution is -2.50. The molecule has 132 valence electrons. The molecule has 3 amide bonds. The molecule has 4 rings (SSSR count). The maximum absolute atomic E-state index is 13.1. The van der Waals surface area contributed by atoms with Crippen molar-refractivity contribution in [1.82, 2.24) is 9.80 Å². The van der Waals surface area contributed by atoms with Crippen molar-refractivity contribution in [3.05, 3.63) is 29.8 Å². The maximum Gasteiger partial charge on any atom is 0.256 e. The van der Waals surface area contributed by atoms with E-state index in [0.717, 1.165) is 6.42 Å². The second-order valence-electron chi connectivity index (χ2n) is 6.59. The quantitative estimate of drug-likeness (QED) is 0.784. The highest BCUT2D eigenvalue weighted by molar-refractivity contribution is 6.12. The summed E-state index contributed by atoms with van der Waals surface area (Å²) in [6, 6.07) is 6.61. The summed E-state index contributed by atoms with van der Waals surface area (Å²) in [5, 5.41) is 0. The number of amides is 3. The summed E-state index contributed by atoms with van der Waals surface area (Å²) >= 11 is 0. The van der Waals surface area contributed by atoms with Crippen LogP contribution in [0.5, 0.6) is 0 Å². The highest BCUT2D eigenvalue weighted by Gasteiger charge is 2.42. The Hall–Kier alpha value is -2.41. The van der Waals surface area contributed by atoms with E-state index in [1.54, 1.807) is 34.1 Å². The molecule has 0 spiro atoms. The summed E-state index contributed by atoms with van der Waals surface area (Å²) in [6.45, 7) is 2.67. The maximum atomic E-state index is 13.1. The number of morpholine rings is 1. The van der Waals surface area contributed by atoms with Gasteiger partial charge in [0.05, 0.1) is 24.5 Å². The molecule has 3 aliphatic rings. The number of nitrogens with zero attached hydrogens (tertiary/aromatic N) is 3. The third kappa shape index (κ3) is 2.78. The Morgan fingerprint density at radius 3 is 2.68 bits per heavy atom. The molecule has 2 fully saturated rings. The van der Waals surface area contributed by atoms with Gasteiger partial charge in [0.15, 0.2) is 0 Å². The van der Waals surface area contributed by atoms with Crippen LogP contribution in [0.2, 0.25) is 0 Å². The zero-order valence-electron chi connectivity index (χ0n) is 14.0. The molecule has 1 aromatic rings. The van der Waals surface area contributed by atoms with Crippen molar-refractivity contribution in [3.63, 3.8) is 0 Å². The minimum Gasteiger partial charge on any atom is -0.378 e. The van der Waals surface area contributed by atoms with Crippen LogP contribution < -0.4 is 4.90 Å². The van der Waals surface area contributed by atoms with Crippen LogP contribution in [-0.4, -0.2) is 73.0 Å². The standard InChI is InChI=1S/C18H21N3O4/c22-16(19-8-10-25-11-9-19)12-21-14-5-2-1-4-13(14)17(23)20-7-3-6-15(20)18(21)24/h1-2,4-5,15H,3,6-12H2/t15-/m0/s1. The van der Waals surface area contributed by atoms with Crippen LogP contribution in [0.25, 0.3) is 0 Å². The van der Waals surface area contributed by atoms with Gasteiger partial charge in [-0.1, -0.05) is 12.1 Å². The topological polar surface area (TPSA) is 70.2 Å². The normalized spacial score (nSPS) is 23.4. The first kappa shape index (κ1) is 16.1. The summed E-state index contributed by atoms with van der Waals surface area (Å²) < 4.78 is 5.28. The van der Waals surface area contributed by atoms with Crippen LogP contribution in [0.3, 0.4) is 0 Å². The monoisotopic (exact) mass is 343 g/mol. The van der Waals surface area contributed by atoms with Crippen molar-refractivity contribution in [2.45, 2.75) is 18.9 Å². The zero-order valence-corrected chi connectivity index (χ0v) is 14.0. The van der Waals surface area contributed by atoms with Gasteiger partial charge in [0.1, 0.15) is 12.6 Å². The molecule has 0 N–H and O–H groups in total. The van der Waals surface area contributed by atoms with Crippen molar-refractivity contribution in [2.75, 3.05) is 44.3 Å². The number of carbonyl (C=O) groups is 3.